The van der Waals surface area contributed by atoms with Gasteiger partial charge < -0.3 is 9.30 Å². The Hall–Kier alpha value is -2.91. The lowest BCUT2D eigenvalue weighted by Crippen LogP contribution is -2.05. The first-order valence-electron chi connectivity index (χ1n) is 8.43. The van der Waals surface area contributed by atoms with Gasteiger partial charge in [0.25, 0.3) is 0 Å². The van der Waals surface area contributed by atoms with Gasteiger partial charge in [-0.25, -0.2) is 0 Å². The van der Waals surface area contributed by atoms with Crippen LogP contribution < -0.4 is 4.74 Å². The average Bonchev–Trinajstić information content (AvgIpc) is 3.33. The molecule has 0 aliphatic heterocycles. The van der Waals surface area contributed by atoms with Crippen molar-refractivity contribution in [2.75, 3.05) is 0 Å². The van der Waals surface area contributed by atoms with Gasteiger partial charge in [0.15, 0.2) is 16.8 Å². The molecule has 0 radical (unpaired) electrons. The van der Waals surface area contributed by atoms with Crippen LogP contribution >= 0.6 is 23.4 Å². The zero-order chi connectivity index (χ0) is 19.3. The normalized spacial score (nSPS) is 10.9. The predicted octanol–water partition coefficient (Wildman–Crippen LogP) is 3.32. The molecule has 0 spiro atoms. The Morgan fingerprint density at radius 1 is 0.964 bits per heavy atom. The number of aromatic nitrogens is 7. The fourth-order valence-corrected chi connectivity index (χ4v) is 3.43. The summed E-state index contributed by atoms with van der Waals surface area (Å²) in [4.78, 5) is 0. The summed E-state index contributed by atoms with van der Waals surface area (Å²) in [6.07, 6.45) is 0. The SMILES string of the molecule is Cn1c(COc2ccc(Cl)cc2)nnc1SCc1nnnn1-c1ccccc1. The van der Waals surface area contributed by atoms with Crippen LogP contribution in [0.3, 0.4) is 0 Å². The number of benzene rings is 2. The Morgan fingerprint density at radius 2 is 1.75 bits per heavy atom. The van der Waals surface area contributed by atoms with Crippen LogP contribution in [0, 0.1) is 0 Å². The molecule has 2 aromatic heterocycles. The zero-order valence-corrected chi connectivity index (χ0v) is 16.5. The Balaban J connectivity index is 1.40. The quantitative estimate of drug-likeness (QED) is 0.430. The molecule has 10 heteroatoms. The molecule has 142 valence electrons. The van der Waals surface area contributed by atoms with Crippen LogP contribution in [0.5, 0.6) is 5.75 Å². The number of ether oxygens (including phenoxy) is 1. The molecule has 0 saturated carbocycles. The molecule has 0 bridgehead atoms. The minimum atomic E-state index is 0.313. The summed E-state index contributed by atoms with van der Waals surface area (Å²) in [7, 11) is 1.91. The first-order valence-corrected chi connectivity index (χ1v) is 9.79. The van der Waals surface area contributed by atoms with Crippen molar-refractivity contribution in [3.05, 3.63) is 71.3 Å². The van der Waals surface area contributed by atoms with E-state index in [2.05, 4.69) is 25.7 Å². The highest BCUT2D eigenvalue weighted by atomic mass is 35.5. The maximum Gasteiger partial charge on any atom is 0.191 e. The van der Waals surface area contributed by atoms with Crippen LogP contribution in [0.4, 0.5) is 0 Å². The average molecular weight is 414 g/mol. The Bertz CT molecular complexity index is 1050. The zero-order valence-electron chi connectivity index (χ0n) is 14.9. The molecule has 2 heterocycles. The number of thioether (sulfide) groups is 1. The topological polar surface area (TPSA) is 83.5 Å². The minimum absolute atomic E-state index is 0.313. The fraction of sp³-hybridized carbons (Fsp3) is 0.167. The van der Waals surface area contributed by atoms with E-state index in [9.17, 15) is 0 Å². The molecule has 0 N–H and O–H groups in total. The monoisotopic (exact) mass is 413 g/mol. The molecule has 4 aromatic rings. The van der Waals surface area contributed by atoms with E-state index in [4.69, 9.17) is 16.3 Å². The van der Waals surface area contributed by atoms with Gasteiger partial charge in [-0.2, -0.15) is 4.68 Å². The molecule has 0 aliphatic carbocycles. The Labute approximate surface area is 170 Å². The number of hydrogen-bond acceptors (Lipinski definition) is 7. The molecular formula is C18H16ClN7OS. The van der Waals surface area contributed by atoms with Gasteiger partial charge in [-0.05, 0) is 46.8 Å². The van der Waals surface area contributed by atoms with Gasteiger partial charge in [0.2, 0.25) is 0 Å². The van der Waals surface area contributed by atoms with Crippen molar-refractivity contribution < 1.29 is 4.74 Å². The van der Waals surface area contributed by atoms with Crippen LogP contribution in [0.25, 0.3) is 5.69 Å². The van der Waals surface area contributed by atoms with E-state index in [-0.39, 0.29) is 0 Å². The molecular weight excluding hydrogens is 398 g/mol. The van der Waals surface area contributed by atoms with Crippen molar-refractivity contribution in [1.29, 1.82) is 0 Å². The van der Waals surface area contributed by atoms with Crippen molar-refractivity contribution in [1.82, 2.24) is 35.0 Å². The van der Waals surface area contributed by atoms with Crippen molar-refractivity contribution >= 4 is 23.4 Å². The number of tetrazole rings is 1. The summed E-state index contributed by atoms with van der Waals surface area (Å²) in [5, 5.41) is 21.8. The summed E-state index contributed by atoms with van der Waals surface area (Å²) in [6, 6.07) is 17.0. The lowest BCUT2D eigenvalue weighted by molar-refractivity contribution is 0.290. The standard InChI is InChI=1S/C18H16ClN7OS/c1-25-16(11-27-15-9-7-13(19)8-10-15)20-22-18(25)28-12-17-21-23-24-26(17)14-5-3-2-4-6-14/h2-10H,11-12H2,1H3. The second-order valence-corrected chi connectivity index (χ2v) is 7.21. The van der Waals surface area contributed by atoms with Crippen LogP contribution in [0.1, 0.15) is 11.6 Å². The van der Waals surface area contributed by atoms with Crippen molar-refractivity contribution in [3.8, 4) is 11.4 Å². The second kappa shape index (κ2) is 8.41. The van der Waals surface area contributed by atoms with E-state index in [1.165, 1.54) is 11.8 Å². The van der Waals surface area contributed by atoms with Crippen molar-refractivity contribution in [2.45, 2.75) is 17.5 Å². The van der Waals surface area contributed by atoms with Crippen LogP contribution in [-0.2, 0) is 19.4 Å². The van der Waals surface area contributed by atoms with Crippen LogP contribution in [-0.4, -0.2) is 35.0 Å². The molecule has 4 rings (SSSR count). The second-order valence-electron chi connectivity index (χ2n) is 5.83. The van der Waals surface area contributed by atoms with E-state index in [0.29, 0.717) is 17.4 Å². The van der Waals surface area contributed by atoms with Gasteiger partial charge in [-0.1, -0.05) is 41.6 Å². The maximum absolute atomic E-state index is 5.88. The molecule has 0 fully saturated rings. The highest BCUT2D eigenvalue weighted by Gasteiger charge is 2.13. The van der Waals surface area contributed by atoms with Gasteiger partial charge in [0.1, 0.15) is 12.4 Å². The van der Waals surface area contributed by atoms with Crippen molar-refractivity contribution in [2.24, 2.45) is 7.05 Å². The van der Waals surface area contributed by atoms with E-state index in [0.717, 1.165) is 28.2 Å². The Kier molecular flexibility index (Phi) is 5.54. The third kappa shape index (κ3) is 4.15. The number of rotatable bonds is 7. The summed E-state index contributed by atoms with van der Waals surface area (Å²) < 4.78 is 9.36. The van der Waals surface area contributed by atoms with Gasteiger partial charge in [0, 0.05) is 12.1 Å². The predicted molar refractivity (Wildman–Crippen MR) is 106 cm³/mol. The van der Waals surface area contributed by atoms with Gasteiger partial charge in [-0.3, -0.25) is 0 Å². The summed E-state index contributed by atoms with van der Waals surface area (Å²) >= 11 is 7.40. The highest BCUT2D eigenvalue weighted by Crippen LogP contribution is 2.22. The smallest absolute Gasteiger partial charge is 0.191 e. The third-order valence-electron chi connectivity index (χ3n) is 3.97. The summed E-state index contributed by atoms with van der Waals surface area (Å²) in [5.41, 5.74) is 0.915. The lowest BCUT2D eigenvalue weighted by atomic mass is 10.3. The summed E-state index contributed by atoms with van der Waals surface area (Å²) in [6.45, 7) is 0.313. The van der Waals surface area contributed by atoms with E-state index >= 15 is 0 Å². The molecule has 28 heavy (non-hydrogen) atoms. The van der Waals surface area contributed by atoms with Gasteiger partial charge in [-0.15, -0.1) is 15.3 Å². The van der Waals surface area contributed by atoms with Gasteiger partial charge in [0.05, 0.1) is 11.4 Å². The number of hydrogen-bond donors (Lipinski definition) is 0. The van der Waals surface area contributed by atoms with E-state index < -0.39 is 0 Å². The molecule has 0 amide bonds. The fourth-order valence-electron chi connectivity index (χ4n) is 2.47. The molecule has 0 aliphatic rings. The maximum atomic E-state index is 5.88. The first kappa shape index (κ1) is 18.5. The Morgan fingerprint density at radius 3 is 2.54 bits per heavy atom. The molecule has 2 aromatic carbocycles. The van der Waals surface area contributed by atoms with Crippen LogP contribution in [0.15, 0.2) is 59.8 Å². The number of halogens is 1. The summed E-state index contributed by atoms with van der Waals surface area (Å²) in [5.74, 6) is 2.74. The molecule has 8 nitrogen and oxygen atoms in total. The van der Waals surface area contributed by atoms with Gasteiger partial charge >= 0.3 is 0 Å². The number of para-hydroxylation sites is 1. The largest absolute Gasteiger partial charge is 0.486 e. The van der Waals surface area contributed by atoms with E-state index in [1.54, 1.807) is 16.8 Å². The van der Waals surface area contributed by atoms with Crippen molar-refractivity contribution in [3.63, 3.8) is 0 Å². The molecule has 0 unspecified atom stereocenters. The molecule has 0 saturated heterocycles. The van der Waals surface area contributed by atoms with E-state index in [1.807, 2.05) is 54.1 Å². The number of nitrogens with zero attached hydrogens (tertiary/aromatic N) is 7. The first-order chi connectivity index (χ1) is 13.7. The minimum Gasteiger partial charge on any atom is -0.486 e. The lowest BCUT2D eigenvalue weighted by Gasteiger charge is -2.07. The molecule has 0 atom stereocenters. The third-order valence-corrected chi connectivity index (χ3v) is 5.24. The van der Waals surface area contributed by atoms with Crippen LogP contribution in [0.2, 0.25) is 5.02 Å². The highest BCUT2D eigenvalue weighted by molar-refractivity contribution is 7.98.